The maximum atomic E-state index is 14.2. The minimum atomic E-state index is -4.61. The van der Waals surface area contributed by atoms with Crippen molar-refractivity contribution in [2.45, 2.75) is 56.0 Å². The third kappa shape index (κ3) is 5.21. The SMILES string of the molecule is CN(C)C1CCCN(c2ccc(C(=O)NC3C4Oc5ccc(Oc6ccnc7c6CCC(=O)N7)cc5C34)cc2C(F)(F)F)C1. The number of nitrogens with zero attached hydrogens (tertiary/aromatic N) is 3. The van der Waals surface area contributed by atoms with Gasteiger partial charge in [0.25, 0.3) is 5.91 Å². The van der Waals surface area contributed by atoms with E-state index in [0.717, 1.165) is 30.0 Å². The van der Waals surface area contributed by atoms with E-state index < -0.39 is 17.6 Å². The Balaban J connectivity index is 1.06. The molecule has 1 aliphatic carbocycles. The molecule has 2 N–H and O–H groups in total. The van der Waals surface area contributed by atoms with Gasteiger partial charge in [0, 0.05) is 54.1 Å². The summed E-state index contributed by atoms with van der Waals surface area (Å²) in [4.78, 5) is 33.0. The molecule has 2 fully saturated rings. The average Bonchev–Trinajstić information content (AvgIpc) is 3.52. The van der Waals surface area contributed by atoms with Crippen LogP contribution in [0.15, 0.2) is 48.7 Å². The van der Waals surface area contributed by atoms with E-state index in [0.29, 0.717) is 49.0 Å². The van der Waals surface area contributed by atoms with E-state index >= 15 is 0 Å². The molecule has 3 aromatic rings. The molecule has 0 radical (unpaired) electrons. The van der Waals surface area contributed by atoms with Crippen LogP contribution in [0.3, 0.4) is 0 Å². The lowest BCUT2D eigenvalue weighted by Crippen LogP contribution is -2.45. The summed E-state index contributed by atoms with van der Waals surface area (Å²) in [6.45, 7) is 1.03. The van der Waals surface area contributed by atoms with E-state index in [4.69, 9.17) is 9.47 Å². The van der Waals surface area contributed by atoms with Gasteiger partial charge in [0.15, 0.2) is 0 Å². The molecule has 4 heterocycles. The van der Waals surface area contributed by atoms with Crippen LogP contribution in [0.2, 0.25) is 0 Å². The molecule has 230 valence electrons. The van der Waals surface area contributed by atoms with Crippen molar-refractivity contribution in [1.29, 1.82) is 0 Å². The van der Waals surface area contributed by atoms with Gasteiger partial charge in [-0.1, -0.05) is 0 Å². The molecule has 4 aliphatic rings. The van der Waals surface area contributed by atoms with Crippen LogP contribution in [0.1, 0.15) is 52.2 Å². The number of nitrogens with one attached hydrogen (secondary N) is 2. The van der Waals surface area contributed by atoms with Crippen LogP contribution in [0.5, 0.6) is 17.2 Å². The Hall–Kier alpha value is -4.32. The highest BCUT2D eigenvalue weighted by atomic mass is 19.4. The number of halogens is 3. The number of anilines is 2. The Morgan fingerprint density at radius 2 is 2.00 bits per heavy atom. The number of hydrogen-bond acceptors (Lipinski definition) is 7. The number of ether oxygens (including phenoxy) is 2. The predicted molar refractivity (Wildman–Crippen MR) is 156 cm³/mol. The molecule has 1 aromatic heterocycles. The van der Waals surface area contributed by atoms with Crippen LogP contribution in [-0.4, -0.2) is 67.1 Å². The number of amides is 2. The lowest BCUT2D eigenvalue weighted by molar-refractivity contribution is -0.137. The van der Waals surface area contributed by atoms with Crippen molar-refractivity contribution in [3.63, 3.8) is 0 Å². The summed E-state index contributed by atoms with van der Waals surface area (Å²) >= 11 is 0. The highest BCUT2D eigenvalue weighted by Crippen LogP contribution is 2.55. The minimum absolute atomic E-state index is 0.0425. The Morgan fingerprint density at radius 3 is 2.80 bits per heavy atom. The number of piperidine rings is 1. The third-order valence-electron chi connectivity index (χ3n) is 8.99. The molecule has 9 nitrogen and oxygen atoms in total. The monoisotopic (exact) mass is 607 g/mol. The number of hydrogen-bond donors (Lipinski definition) is 2. The standard InChI is InChI=1S/C32H32F3N5O4/c1-39(2)18-4-3-13-40(16-18)23-8-5-17(14-22(23)32(33,34)35)31(42)38-28-27-21-15-19(6-9-24(21)44-29(27)28)43-25-11-12-36-30-20(25)7-10-26(41)37-30/h5-6,8-9,11-12,14-15,18,27-29H,3-4,7,10,13,16H2,1-2H3,(H,38,42)(H,36,37,41). The van der Waals surface area contributed by atoms with Gasteiger partial charge >= 0.3 is 6.18 Å². The van der Waals surface area contributed by atoms with Crippen LogP contribution < -0.4 is 25.0 Å². The lowest BCUT2D eigenvalue weighted by atomic mass is 10.0. The largest absolute Gasteiger partial charge is 0.487 e. The third-order valence-corrected chi connectivity index (χ3v) is 8.99. The number of likely N-dealkylation sites (N-methyl/N-ethyl adjacent to an activating group) is 1. The fraction of sp³-hybridized carbons (Fsp3) is 0.406. The summed E-state index contributed by atoms with van der Waals surface area (Å²) in [6.07, 6.45) is -0.745. The highest BCUT2D eigenvalue weighted by Gasteiger charge is 2.59. The van der Waals surface area contributed by atoms with Gasteiger partial charge < -0.3 is 29.9 Å². The van der Waals surface area contributed by atoms with Gasteiger partial charge in [-0.3, -0.25) is 9.59 Å². The van der Waals surface area contributed by atoms with Gasteiger partial charge in [0.05, 0.1) is 17.5 Å². The zero-order valence-electron chi connectivity index (χ0n) is 24.3. The first kappa shape index (κ1) is 28.5. The summed E-state index contributed by atoms with van der Waals surface area (Å²) in [5, 5.41) is 5.65. The van der Waals surface area contributed by atoms with Crippen molar-refractivity contribution in [3.05, 3.63) is 70.9 Å². The normalized spacial score (nSPS) is 23.7. The Morgan fingerprint density at radius 1 is 1.16 bits per heavy atom. The van der Waals surface area contributed by atoms with Crippen molar-refractivity contribution in [2.24, 2.45) is 0 Å². The van der Waals surface area contributed by atoms with Crippen molar-refractivity contribution in [2.75, 3.05) is 37.4 Å². The maximum absolute atomic E-state index is 14.2. The second kappa shape index (κ2) is 10.7. The molecule has 4 atom stereocenters. The first-order valence-electron chi connectivity index (χ1n) is 14.8. The van der Waals surface area contributed by atoms with Gasteiger partial charge in [0.1, 0.15) is 29.2 Å². The maximum Gasteiger partial charge on any atom is 0.418 e. The van der Waals surface area contributed by atoms with Crippen LogP contribution >= 0.6 is 0 Å². The molecule has 3 aliphatic heterocycles. The van der Waals surface area contributed by atoms with Crippen LogP contribution in [0, 0.1) is 0 Å². The van der Waals surface area contributed by atoms with E-state index in [1.165, 1.54) is 12.1 Å². The smallest absolute Gasteiger partial charge is 0.418 e. The topological polar surface area (TPSA) is 96.0 Å². The Bertz CT molecular complexity index is 1640. The van der Waals surface area contributed by atoms with Gasteiger partial charge in [-0.2, -0.15) is 13.2 Å². The van der Waals surface area contributed by atoms with Gasteiger partial charge in [-0.05, 0) is 75.8 Å². The van der Waals surface area contributed by atoms with Crippen molar-refractivity contribution >= 4 is 23.3 Å². The molecule has 1 saturated heterocycles. The number of carbonyl (C=O) groups is 2. The molecule has 4 unspecified atom stereocenters. The van der Waals surface area contributed by atoms with Crippen molar-refractivity contribution in [3.8, 4) is 17.2 Å². The minimum Gasteiger partial charge on any atom is -0.487 e. The number of benzene rings is 2. The molecule has 44 heavy (non-hydrogen) atoms. The molecule has 7 rings (SSSR count). The first-order valence-corrected chi connectivity index (χ1v) is 14.8. The fourth-order valence-corrected chi connectivity index (χ4v) is 6.57. The first-order chi connectivity index (χ1) is 21.1. The number of alkyl halides is 3. The van der Waals surface area contributed by atoms with Crippen molar-refractivity contribution < 1.29 is 32.2 Å². The van der Waals surface area contributed by atoms with Gasteiger partial charge in [0.2, 0.25) is 5.91 Å². The molecule has 1 saturated carbocycles. The second-order valence-electron chi connectivity index (χ2n) is 12.0. The van der Waals surface area contributed by atoms with E-state index in [9.17, 15) is 22.8 Å². The second-order valence-corrected chi connectivity index (χ2v) is 12.0. The van der Waals surface area contributed by atoms with E-state index in [1.807, 2.05) is 25.1 Å². The summed E-state index contributed by atoms with van der Waals surface area (Å²) in [5.74, 6) is 1.53. The molecule has 0 spiro atoms. The van der Waals surface area contributed by atoms with Gasteiger partial charge in [-0.15, -0.1) is 0 Å². The number of rotatable bonds is 6. The molecule has 12 heteroatoms. The number of pyridine rings is 1. The lowest BCUT2D eigenvalue weighted by Gasteiger charge is -2.38. The van der Waals surface area contributed by atoms with Crippen LogP contribution in [0.25, 0.3) is 0 Å². The molecule has 0 bridgehead atoms. The van der Waals surface area contributed by atoms with Crippen LogP contribution in [-0.2, 0) is 17.4 Å². The molecular weight excluding hydrogens is 575 g/mol. The molecule has 2 amide bonds. The Kier molecular flexibility index (Phi) is 6.91. The van der Waals surface area contributed by atoms with E-state index in [1.54, 1.807) is 29.3 Å². The number of fused-ring (bicyclic) bond motifs is 4. The number of aromatic nitrogens is 1. The fourth-order valence-electron chi connectivity index (χ4n) is 6.57. The van der Waals surface area contributed by atoms with Crippen molar-refractivity contribution in [1.82, 2.24) is 15.2 Å². The summed E-state index contributed by atoms with van der Waals surface area (Å²) in [6, 6.07) is 10.8. The summed E-state index contributed by atoms with van der Waals surface area (Å²) < 4.78 is 54.8. The van der Waals surface area contributed by atoms with Crippen LogP contribution in [0.4, 0.5) is 24.7 Å². The Labute approximate surface area is 252 Å². The summed E-state index contributed by atoms with van der Waals surface area (Å²) in [7, 11) is 3.87. The van der Waals surface area contributed by atoms with Gasteiger partial charge in [-0.25, -0.2) is 4.98 Å². The van der Waals surface area contributed by atoms with E-state index in [-0.39, 0.29) is 41.3 Å². The highest BCUT2D eigenvalue weighted by molar-refractivity contribution is 5.96. The predicted octanol–water partition coefficient (Wildman–Crippen LogP) is 4.96. The molecular formula is C32H32F3N5O4. The average molecular weight is 608 g/mol. The zero-order chi connectivity index (χ0) is 30.7. The quantitative estimate of drug-likeness (QED) is 0.409. The summed E-state index contributed by atoms with van der Waals surface area (Å²) in [5.41, 5.74) is 0.939. The number of carbonyl (C=O) groups excluding carboxylic acids is 2. The van der Waals surface area contributed by atoms with E-state index in [2.05, 4.69) is 15.6 Å². The molecule has 2 aromatic carbocycles. The zero-order valence-corrected chi connectivity index (χ0v) is 24.3.